The number of imidazole rings is 1. The molecule has 2 aromatic heterocycles. The standard InChI is InChI=1S/C19H17N3O2/c1-11-8-12(10-16-20-6-7-21-16)18-14(9-11)17(19(23)24)13-4-2-3-5-15(13)22-18/h2-7,10-11H,8-9H2,1H3,(H,20,21)(H,23,24)/b12-10-/t11-/m1/s1. The first-order valence-corrected chi connectivity index (χ1v) is 7.98. The molecule has 5 nitrogen and oxygen atoms in total. The second kappa shape index (κ2) is 5.60. The van der Waals surface area contributed by atoms with Crippen LogP contribution in [0.5, 0.6) is 0 Å². The lowest BCUT2D eigenvalue weighted by Gasteiger charge is -2.25. The maximum Gasteiger partial charge on any atom is 0.336 e. The predicted molar refractivity (Wildman–Crippen MR) is 92.6 cm³/mol. The van der Waals surface area contributed by atoms with E-state index in [1.807, 2.05) is 30.3 Å². The zero-order valence-corrected chi connectivity index (χ0v) is 13.3. The summed E-state index contributed by atoms with van der Waals surface area (Å²) < 4.78 is 0. The van der Waals surface area contributed by atoms with Crippen molar-refractivity contribution in [2.75, 3.05) is 0 Å². The average Bonchev–Trinajstić information content (AvgIpc) is 3.05. The number of carboxylic acid groups (broad SMARTS) is 1. The number of nitrogens with zero attached hydrogens (tertiary/aromatic N) is 2. The van der Waals surface area contributed by atoms with E-state index < -0.39 is 5.97 Å². The van der Waals surface area contributed by atoms with Gasteiger partial charge in [-0.2, -0.15) is 0 Å². The van der Waals surface area contributed by atoms with E-state index in [9.17, 15) is 9.90 Å². The molecule has 4 rings (SSSR count). The minimum absolute atomic E-state index is 0.361. The Kier molecular flexibility index (Phi) is 3.41. The van der Waals surface area contributed by atoms with Crippen molar-refractivity contribution in [2.24, 2.45) is 5.92 Å². The molecule has 0 radical (unpaired) electrons. The van der Waals surface area contributed by atoms with Gasteiger partial charge in [0.15, 0.2) is 0 Å². The summed E-state index contributed by atoms with van der Waals surface area (Å²) in [5.41, 5.74) is 3.76. The van der Waals surface area contributed by atoms with Crippen LogP contribution in [0.25, 0.3) is 22.6 Å². The number of allylic oxidation sites excluding steroid dienone is 1. The van der Waals surface area contributed by atoms with Gasteiger partial charge in [0.1, 0.15) is 5.82 Å². The molecular weight excluding hydrogens is 302 g/mol. The van der Waals surface area contributed by atoms with Crippen LogP contribution in [0.2, 0.25) is 0 Å². The summed E-state index contributed by atoms with van der Waals surface area (Å²) >= 11 is 0. The second-order valence-electron chi connectivity index (χ2n) is 6.29. The molecular formula is C19H17N3O2. The van der Waals surface area contributed by atoms with Crippen LogP contribution in [0.3, 0.4) is 0 Å². The van der Waals surface area contributed by atoms with E-state index in [0.717, 1.165) is 35.5 Å². The van der Waals surface area contributed by atoms with E-state index in [1.54, 1.807) is 12.4 Å². The van der Waals surface area contributed by atoms with Crippen molar-refractivity contribution in [3.05, 3.63) is 59.3 Å². The highest BCUT2D eigenvalue weighted by Gasteiger charge is 2.27. The summed E-state index contributed by atoms with van der Waals surface area (Å²) in [7, 11) is 0. The first kappa shape index (κ1) is 14.6. The van der Waals surface area contributed by atoms with Crippen LogP contribution >= 0.6 is 0 Å². The highest BCUT2D eigenvalue weighted by molar-refractivity contribution is 6.05. The fourth-order valence-electron chi connectivity index (χ4n) is 3.50. The molecule has 0 bridgehead atoms. The number of aromatic carboxylic acids is 1. The first-order valence-electron chi connectivity index (χ1n) is 7.98. The number of carbonyl (C=O) groups is 1. The number of fused-ring (bicyclic) bond motifs is 2. The summed E-state index contributed by atoms with van der Waals surface area (Å²) in [5, 5.41) is 10.5. The minimum Gasteiger partial charge on any atom is -0.478 e. The van der Waals surface area contributed by atoms with Gasteiger partial charge in [-0.25, -0.2) is 14.8 Å². The van der Waals surface area contributed by atoms with Crippen LogP contribution < -0.4 is 0 Å². The van der Waals surface area contributed by atoms with Gasteiger partial charge in [0.2, 0.25) is 0 Å². The van der Waals surface area contributed by atoms with Gasteiger partial charge in [0.05, 0.1) is 16.8 Å². The van der Waals surface area contributed by atoms with Gasteiger partial charge >= 0.3 is 5.97 Å². The third-order valence-electron chi connectivity index (χ3n) is 4.46. The Morgan fingerprint density at radius 2 is 2.17 bits per heavy atom. The van der Waals surface area contributed by atoms with E-state index in [4.69, 9.17) is 4.98 Å². The van der Waals surface area contributed by atoms with Gasteiger partial charge in [0, 0.05) is 17.8 Å². The van der Waals surface area contributed by atoms with Crippen molar-refractivity contribution in [1.29, 1.82) is 0 Å². The highest BCUT2D eigenvalue weighted by Crippen LogP contribution is 2.38. The van der Waals surface area contributed by atoms with Gasteiger partial charge in [0.25, 0.3) is 0 Å². The minimum atomic E-state index is -0.892. The molecule has 0 aliphatic heterocycles. The van der Waals surface area contributed by atoms with Crippen molar-refractivity contribution >= 4 is 28.5 Å². The molecule has 0 saturated carbocycles. The van der Waals surface area contributed by atoms with E-state index in [1.165, 1.54) is 0 Å². The van der Waals surface area contributed by atoms with Crippen molar-refractivity contribution in [3.63, 3.8) is 0 Å². The van der Waals surface area contributed by atoms with Gasteiger partial charge in [-0.15, -0.1) is 0 Å². The summed E-state index contributed by atoms with van der Waals surface area (Å²) in [6.07, 6.45) is 7.04. The lowest BCUT2D eigenvalue weighted by molar-refractivity contribution is 0.0697. The molecule has 2 heterocycles. The van der Waals surface area contributed by atoms with Crippen LogP contribution in [0, 0.1) is 5.92 Å². The molecule has 1 aliphatic rings. The number of hydrogen-bond donors (Lipinski definition) is 2. The number of pyridine rings is 1. The van der Waals surface area contributed by atoms with Gasteiger partial charge in [-0.1, -0.05) is 25.1 Å². The van der Waals surface area contributed by atoms with E-state index in [2.05, 4.69) is 16.9 Å². The van der Waals surface area contributed by atoms with Crippen LogP contribution in [-0.2, 0) is 6.42 Å². The Bertz CT molecular complexity index is 958. The molecule has 2 N–H and O–H groups in total. The summed E-state index contributed by atoms with van der Waals surface area (Å²) in [6.45, 7) is 2.14. The predicted octanol–water partition coefficient (Wildman–Crippen LogP) is 3.78. The number of aromatic amines is 1. The van der Waals surface area contributed by atoms with Crippen molar-refractivity contribution in [2.45, 2.75) is 19.8 Å². The number of para-hydroxylation sites is 1. The molecule has 3 aromatic rings. The van der Waals surface area contributed by atoms with E-state index >= 15 is 0 Å². The monoisotopic (exact) mass is 319 g/mol. The molecule has 0 amide bonds. The lowest BCUT2D eigenvalue weighted by Crippen LogP contribution is -2.17. The van der Waals surface area contributed by atoms with Gasteiger partial charge < -0.3 is 10.1 Å². The third-order valence-corrected chi connectivity index (χ3v) is 4.46. The zero-order chi connectivity index (χ0) is 16.7. The number of benzene rings is 1. The molecule has 0 fully saturated rings. The van der Waals surface area contributed by atoms with Crippen LogP contribution in [0.4, 0.5) is 0 Å². The quantitative estimate of drug-likeness (QED) is 0.753. The van der Waals surface area contributed by atoms with Crippen LogP contribution in [-0.4, -0.2) is 26.0 Å². The Hall–Kier alpha value is -2.95. The van der Waals surface area contributed by atoms with E-state index in [-0.39, 0.29) is 0 Å². The molecule has 120 valence electrons. The van der Waals surface area contributed by atoms with E-state index in [0.29, 0.717) is 22.4 Å². The maximum absolute atomic E-state index is 12.0. The molecule has 0 unspecified atom stereocenters. The fraction of sp³-hybridized carbons (Fsp3) is 0.211. The molecule has 0 spiro atoms. The summed E-state index contributed by atoms with van der Waals surface area (Å²) in [6, 6.07) is 7.44. The number of nitrogens with one attached hydrogen (secondary N) is 1. The van der Waals surface area contributed by atoms with Crippen molar-refractivity contribution < 1.29 is 9.90 Å². The van der Waals surface area contributed by atoms with Gasteiger partial charge in [-0.3, -0.25) is 0 Å². The third kappa shape index (κ3) is 2.38. The number of hydrogen-bond acceptors (Lipinski definition) is 3. The number of carboxylic acids is 1. The zero-order valence-electron chi connectivity index (χ0n) is 13.3. The lowest BCUT2D eigenvalue weighted by atomic mass is 9.81. The Morgan fingerprint density at radius 3 is 2.92 bits per heavy atom. The first-order chi connectivity index (χ1) is 11.6. The number of aromatic nitrogens is 3. The van der Waals surface area contributed by atoms with Crippen molar-refractivity contribution in [1.82, 2.24) is 15.0 Å². The second-order valence-corrected chi connectivity index (χ2v) is 6.29. The summed E-state index contributed by atoms with van der Waals surface area (Å²) in [5.74, 6) is 0.230. The largest absolute Gasteiger partial charge is 0.478 e. The Morgan fingerprint density at radius 1 is 1.33 bits per heavy atom. The van der Waals surface area contributed by atoms with Crippen LogP contribution in [0.1, 0.15) is 40.8 Å². The summed E-state index contributed by atoms with van der Waals surface area (Å²) in [4.78, 5) is 24.1. The van der Waals surface area contributed by atoms with Crippen LogP contribution in [0.15, 0.2) is 36.7 Å². The normalized spacial score (nSPS) is 18.7. The molecule has 1 atom stereocenters. The molecule has 1 aromatic carbocycles. The maximum atomic E-state index is 12.0. The average molecular weight is 319 g/mol. The molecule has 0 saturated heterocycles. The number of rotatable bonds is 2. The highest BCUT2D eigenvalue weighted by atomic mass is 16.4. The smallest absolute Gasteiger partial charge is 0.336 e. The SMILES string of the molecule is C[C@@H]1C/C(=C/c2ncc[nH]2)c2nc3ccccc3c(C(=O)O)c2C1. The molecule has 24 heavy (non-hydrogen) atoms. The topological polar surface area (TPSA) is 78.9 Å². The number of H-pyrrole nitrogens is 1. The van der Waals surface area contributed by atoms with Gasteiger partial charge in [-0.05, 0) is 42.0 Å². The molecule has 5 heteroatoms. The fourth-order valence-corrected chi connectivity index (χ4v) is 3.50. The van der Waals surface area contributed by atoms with Crippen molar-refractivity contribution in [3.8, 4) is 0 Å². The Balaban J connectivity index is 2.02. The molecule has 1 aliphatic carbocycles. The Labute approximate surface area is 139 Å².